The van der Waals surface area contributed by atoms with Crippen molar-refractivity contribution in [1.29, 1.82) is 0 Å². The Labute approximate surface area is 115 Å². The number of aryl methyl sites for hydroxylation is 1. The molecule has 0 spiro atoms. The molecule has 3 heteroatoms. The van der Waals surface area contributed by atoms with Gasteiger partial charge in [0, 0.05) is 36.4 Å². The summed E-state index contributed by atoms with van der Waals surface area (Å²) in [4.78, 5) is 7.02. The molecular formula is C16H23N3. The van der Waals surface area contributed by atoms with E-state index in [0.29, 0.717) is 0 Å². The number of pyridine rings is 1. The maximum atomic E-state index is 4.61. The summed E-state index contributed by atoms with van der Waals surface area (Å²) in [5, 5.41) is 4.63. The SMILES string of the molecule is CCNCCN(CC)c1cc(C)nc2ccccc12. The summed E-state index contributed by atoms with van der Waals surface area (Å²) in [6.07, 6.45) is 0. The molecule has 0 unspecified atom stereocenters. The number of rotatable bonds is 6. The van der Waals surface area contributed by atoms with Gasteiger partial charge in [0.05, 0.1) is 5.52 Å². The molecule has 0 amide bonds. The van der Waals surface area contributed by atoms with Crippen molar-refractivity contribution in [2.75, 3.05) is 31.1 Å². The zero-order valence-corrected chi connectivity index (χ0v) is 12.1. The topological polar surface area (TPSA) is 28.2 Å². The standard InChI is InChI=1S/C16H23N3/c1-4-17-10-11-19(5-2)16-12-13(3)18-15-9-7-6-8-14(15)16/h6-9,12,17H,4-5,10-11H2,1-3H3. The highest BCUT2D eigenvalue weighted by atomic mass is 15.1. The number of likely N-dealkylation sites (N-methyl/N-ethyl adjacent to an activating group) is 2. The van der Waals surface area contributed by atoms with Gasteiger partial charge < -0.3 is 10.2 Å². The first-order valence-corrected chi connectivity index (χ1v) is 7.08. The summed E-state index contributed by atoms with van der Waals surface area (Å²) in [5.74, 6) is 0. The number of hydrogen-bond acceptors (Lipinski definition) is 3. The minimum Gasteiger partial charge on any atom is -0.370 e. The van der Waals surface area contributed by atoms with E-state index in [4.69, 9.17) is 0 Å². The van der Waals surface area contributed by atoms with E-state index in [1.54, 1.807) is 0 Å². The Kier molecular flexibility index (Phi) is 4.74. The number of nitrogens with zero attached hydrogens (tertiary/aromatic N) is 2. The molecule has 1 aromatic carbocycles. The second-order valence-electron chi connectivity index (χ2n) is 4.73. The fourth-order valence-electron chi connectivity index (χ4n) is 2.39. The molecule has 3 nitrogen and oxygen atoms in total. The van der Waals surface area contributed by atoms with Gasteiger partial charge in [-0.3, -0.25) is 4.98 Å². The van der Waals surface area contributed by atoms with E-state index in [9.17, 15) is 0 Å². The molecule has 2 aromatic rings. The van der Waals surface area contributed by atoms with Crippen molar-refractivity contribution < 1.29 is 0 Å². The third-order valence-electron chi connectivity index (χ3n) is 3.35. The lowest BCUT2D eigenvalue weighted by molar-refractivity contribution is 0.689. The normalized spacial score (nSPS) is 10.9. The highest BCUT2D eigenvalue weighted by Crippen LogP contribution is 2.26. The molecule has 0 aliphatic carbocycles. The average molecular weight is 257 g/mol. The van der Waals surface area contributed by atoms with Gasteiger partial charge in [-0.05, 0) is 32.5 Å². The lowest BCUT2D eigenvalue weighted by atomic mass is 10.1. The van der Waals surface area contributed by atoms with Crippen LogP contribution in [-0.4, -0.2) is 31.2 Å². The summed E-state index contributed by atoms with van der Waals surface area (Å²) in [6, 6.07) is 10.6. The maximum absolute atomic E-state index is 4.61. The van der Waals surface area contributed by atoms with E-state index in [1.165, 1.54) is 11.1 Å². The van der Waals surface area contributed by atoms with Gasteiger partial charge in [-0.25, -0.2) is 0 Å². The van der Waals surface area contributed by atoms with Gasteiger partial charge in [0.1, 0.15) is 0 Å². The fraction of sp³-hybridized carbons (Fsp3) is 0.438. The van der Waals surface area contributed by atoms with Gasteiger partial charge in [-0.2, -0.15) is 0 Å². The highest BCUT2D eigenvalue weighted by Gasteiger charge is 2.09. The molecule has 19 heavy (non-hydrogen) atoms. The Hall–Kier alpha value is -1.61. The molecular weight excluding hydrogens is 234 g/mol. The highest BCUT2D eigenvalue weighted by molar-refractivity contribution is 5.91. The fourth-order valence-corrected chi connectivity index (χ4v) is 2.39. The van der Waals surface area contributed by atoms with Crippen LogP contribution in [-0.2, 0) is 0 Å². The first-order chi connectivity index (χ1) is 9.26. The van der Waals surface area contributed by atoms with Gasteiger partial charge in [0.15, 0.2) is 0 Å². The molecule has 0 bridgehead atoms. The van der Waals surface area contributed by atoms with Crippen LogP contribution >= 0.6 is 0 Å². The quantitative estimate of drug-likeness (QED) is 0.806. The summed E-state index contributed by atoms with van der Waals surface area (Å²) in [5.41, 5.74) is 3.46. The third kappa shape index (κ3) is 3.24. The van der Waals surface area contributed by atoms with Crippen molar-refractivity contribution in [3.63, 3.8) is 0 Å². The van der Waals surface area contributed by atoms with Crippen molar-refractivity contribution in [2.45, 2.75) is 20.8 Å². The maximum Gasteiger partial charge on any atom is 0.0726 e. The zero-order chi connectivity index (χ0) is 13.7. The number of benzene rings is 1. The molecule has 0 aliphatic rings. The van der Waals surface area contributed by atoms with Crippen molar-refractivity contribution in [2.24, 2.45) is 0 Å². The Morgan fingerprint density at radius 2 is 2.00 bits per heavy atom. The summed E-state index contributed by atoms with van der Waals surface area (Å²) >= 11 is 0. The van der Waals surface area contributed by atoms with Crippen molar-refractivity contribution in [1.82, 2.24) is 10.3 Å². The molecule has 0 aliphatic heterocycles. The molecule has 0 atom stereocenters. The van der Waals surface area contributed by atoms with Crippen LogP contribution in [0.25, 0.3) is 10.9 Å². The number of fused-ring (bicyclic) bond motifs is 1. The number of hydrogen-bond donors (Lipinski definition) is 1. The minimum atomic E-state index is 1.01. The molecule has 1 heterocycles. The Morgan fingerprint density at radius 3 is 2.74 bits per heavy atom. The van der Waals surface area contributed by atoms with Gasteiger partial charge in [-0.1, -0.05) is 25.1 Å². The van der Waals surface area contributed by atoms with E-state index in [1.807, 2.05) is 6.07 Å². The second kappa shape index (κ2) is 6.53. The minimum absolute atomic E-state index is 1.01. The molecule has 1 aromatic heterocycles. The van der Waals surface area contributed by atoms with Crippen molar-refractivity contribution in [3.05, 3.63) is 36.0 Å². The number of aromatic nitrogens is 1. The van der Waals surface area contributed by atoms with Crippen LogP contribution in [0.1, 0.15) is 19.5 Å². The number of para-hydroxylation sites is 1. The molecule has 102 valence electrons. The van der Waals surface area contributed by atoms with Crippen LogP contribution in [0.2, 0.25) is 0 Å². The van der Waals surface area contributed by atoms with Crippen LogP contribution in [0.4, 0.5) is 5.69 Å². The predicted molar refractivity (Wildman–Crippen MR) is 82.9 cm³/mol. The van der Waals surface area contributed by atoms with Crippen LogP contribution < -0.4 is 10.2 Å². The van der Waals surface area contributed by atoms with Gasteiger partial charge in [0.2, 0.25) is 0 Å². The number of anilines is 1. The summed E-state index contributed by atoms with van der Waals surface area (Å²) < 4.78 is 0. The monoisotopic (exact) mass is 257 g/mol. The van der Waals surface area contributed by atoms with Gasteiger partial charge in [-0.15, -0.1) is 0 Å². The summed E-state index contributed by atoms with van der Waals surface area (Å²) in [7, 11) is 0. The smallest absolute Gasteiger partial charge is 0.0726 e. The van der Waals surface area contributed by atoms with Crippen LogP contribution in [0, 0.1) is 6.92 Å². The van der Waals surface area contributed by atoms with Crippen molar-refractivity contribution in [3.8, 4) is 0 Å². The molecule has 0 fully saturated rings. The lowest BCUT2D eigenvalue weighted by Crippen LogP contribution is -2.32. The van der Waals surface area contributed by atoms with Crippen molar-refractivity contribution >= 4 is 16.6 Å². The van der Waals surface area contributed by atoms with E-state index >= 15 is 0 Å². The second-order valence-corrected chi connectivity index (χ2v) is 4.73. The Morgan fingerprint density at radius 1 is 1.21 bits per heavy atom. The first-order valence-electron chi connectivity index (χ1n) is 7.08. The van der Waals surface area contributed by atoms with E-state index in [0.717, 1.165) is 37.4 Å². The van der Waals surface area contributed by atoms with Crippen LogP contribution in [0.5, 0.6) is 0 Å². The largest absolute Gasteiger partial charge is 0.370 e. The molecule has 0 saturated carbocycles. The van der Waals surface area contributed by atoms with Crippen LogP contribution in [0.3, 0.4) is 0 Å². The van der Waals surface area contributed by atoms with E-state index in [-0.39, 0.29) is 0 Å². The van der Waals surface area contributed by atoms with Gasteiger partial charge in [0.25, 0.3) is 0 Å². The Balaban J connectivity index is 2.35. The summed E-state index contributed by atoms with van der Waals surface area (Å²) in [6.45, 7) is 10.5. The predicted octanol–water partition coefficient (Wildman–Crippen LogP) is 2.98. The molecule has 2 rings (SSSR count). The first kappa shape index (κ1) is 13.8. The lowest BCUT2D eigenvalue weighted by Gasteiger charge is -2.25. The third-order valence-corrected chi connectivity index (χ3v) is 3.35. The van der Waals surface area contributed by atoms with E-state index in [2.05, 4.69) is 60.2 Å². The molecule has 0 radical (unpaired) electrons. The Bertz CT molecular complexity index is 537. The number of nitrogens with one attached hydrogen (secondary N) is 1. The average Bonchev–Trinajstić information content (AvgIpc) is 2.43. The molecule has 0 saturated heterocycles. The zero-order valence-electron chi connectivity index (χ0n) is 12.1. The van der Waals surface area contributed by atoms with Gasteiger partial charge >= 0.3 is 0 Å². The van der Waals surface area contributed by atoms with Crippen LogP contribution in [0.15, 0.2) is 30.3 Å². The van der Waals surface area contributed by atoms with E-state index < -0.39 is 0 Å². The molecule has 1 N–H and O–H groups in total.